The fourth-order valence-corrected chi connectivity index (χ4v) is 3.65. The van der Waals surface area contributed by atoms with E-state index in [0.29, 0.717) is 6.54 Å². The van der Waals surface area contributed by atoms with E-state index in [0.717, 1.165) is 28.2 Å². The minimum absolute atomic E-state index is 0.479. The van der Waals surface area contributed by atoms with Crippen LogP contribution >= 0.6 is 0 Å². The summed E-state index contributed by atoms with van der Waals surface area (Å²) >= 11 is 0. The molecular weight excluding hydrogens is 386 g/mol. The van der Waals surface area contributed by atoms with Gasteiger partial charge in [-0.15, -0.1) is 0 Å². The summed E-state index contributed by atoms with van der Waals surface area (Å²) in [6.07, 6.45) is 1.86. The molecule has 0 amide bonds. The summed E-state index contributed by atoms with van der Waals surface area (Å²) in [5.74, 6) is -0.0763. The first-order chi connectivity index (χ1) is 15.0. The van der Waals surface area contributed by atoms with Crippen LogP contribution in [-0.4, -0.2) is 27.1 Å². The van der Waals surface area contributed by atoms with Crippen molar-refractivity contribution in [3.05, 3.63) is 90.1 Å². The van der Waals surface area contributed by atoms with Crippen LogP contribution in [0.4, 0.5) is 0 Å². The number of hydrogen-bond acceptors (Lipinski definition) is 3. The van der Waals surface area contributed by atoms with Crippen molar-refractivity contribution >= 4 is 5.97 Å². The zero-order valence-corrected chi connectivity index (χ0v) is 17.6. The van der Waals surface area contributed by atoms with Crippen LogP contribution in [0.15, 0.2) is 79.0 Å². The monoisotopic (exact) mass is 411 g/mol. The average Bonchev–Trinajstić information content (AvgIpc) is 3.28. The summed E-state index contributed by atoms with van der Waals surface area (Å²) in [5, 5.41) is 12.0. The molecule has 1 heterocycles. The maximum atomic E-state index is 11.0. The fraction of sp³-hybridized carbons (Fsp3) is 0.154. The second kappa shape index (κ2) is 8.98. The van der Waals surface area contributed by atoms with E-state index < -0.39 is 12.0 Å². The van der Waals surface area contributed by atoms with Crippen LogP contribution in [0.5, 0.6) is 0 Å². The Balaban J connectivity index is 1.60. The highest BCUT2D eigenvalue weighted by Crippen LogP contribution is 2.32. The number of aromatic amines is 1. The van der Waals surface area contributed by atoms with Gasteiger partial charge in [0.2, 0.25) is 0 Å². The first-order valence-corrected chi connectivity index (χ1v) is 10.3. The highest BCUT2D eigenvalue weighted by Gasteiger charge is 2.12. The molecule has 0 saturated heterocycles. The summed E-state index contributed by atoms with van der Waals surface area (Å²) < 4.78 is 0. The second-order valence-corrected chi connectivity index (χ2v) is 7.63. The molecule has 3 aromatic carbocycles. The van der Waals surface area contributed by atoms with Crippen molar-refractivity contribution in [3.8, 4) is 33.8 Å². The molecule has 1 atom stereocenters. The van der Waals surface area contributed by atoms with E-state index in [1.165, 1.54) is 16.7 Å². The molecule has 1 aromatic heterocycles. The smallest absolute Gasteiger partial charge is 0.320 e. The van der Waals surface area contributed by atoms with Gasteiger partial charge in [0.15, 0.2) is 0 Å². The molecule has 0 spiro atoms. The largest absolute Gasteiger partial charge is 0.480 e. The lowest BCUT2D eigenvalue weighted by atomic mass is 9.95. The Labute approximate surface area is 181 Å². The number of imidazole rings is 1. The third kappa shape index (κ3) is 4.57. The van der Waals surface area contributed by atoms with E-state index in [1.54, 1.807) is 6.92 Å². The molecule has 4 rings (SSSR count). The normalized spacial score (nSPS) is 11.9. The first kappa shape index (κ1) is 20.6. The van der Waals surface area contributed by atoms with Gasteiger partial charge in [-0.1, -0.05) is 66.7 Å². The van der Waals surface area contributed by atoms with Crippen LogP contribution in [-0.2, 0) is 11.3 Å². The van der Waals surface area contributed by atoms with Crippen molar-refractivity contribution in [2.45, 2.75) is 26.4 Å². The van der Waals surface area contributed by atoms with Gasteiger partial charge in [0.25, 0.3) is 0 Å². The predicted molar refractivity (Wildman–Crippen MR) is 124 cm³/mol. The van der Waals surface area contributed by atoms with Crippen molar-refractivity contribution in [2.24, 2.45) is 0 Å². The summed E-state index contributed by atoms with van der Waals surface area (Å²) in [4.78, 5) is 19.1. The molecule has 5 nitrogen and oxygen atoms in total. The summed E-state index contributed by atoms with van der Waals surface area (Å²) in [6.45, 7) is 4.25. The molecule has 3 N–H and O–H groups in total. The Kier molecular flexibility index (Phi) is 5.96. The molecule has 0 aliphatic rings. The van der Waals surface area contributed by atoms with Gasteiger partial charge in [0, 0.05) is 17.7 Å². The number of carboxylic acids is 1. The molecule has 0 bridgehead atoms. The molecule has 0 aliphatic heterocycles. The van der Waals surface area contributed by atoms with E-state index in [-0.39, 0.29) is 0 Å². The van der Waals surface area contributed by atoms with E-state index in [4.69, 9.17) is 5.11 Å². The standard InChI is InChI=1S/C26H25N3O2/c1-17-22(20-9-4-3-5-10-20)12-7-13-23(17)24-16-28-25(29-24)21-11-6-8-19(14-21)15-27-18(2)26(30)31/h3-14,16,18,27H,15H2,1-2H3,(H,28,29)(H,30,31). The lowest BCUT2D eigenvalue weighted by Gasteiger charge is -2.11. The molecule has 0 saturated carbocycles. The Morgan fingerprint density at radius 2 is 1.71 bits per heavy atom. The number of carbonyl (C=O) groups is 1. The van der Waals surface area contributed by atoms with Gasteiger partial charge in [-0.3, -0.25) is 4.79 Å². The van der Waals surface area contributed by atoms with Crippen LogP contribution in [0.1, 0.15) is 18.1 Å². The summed E-state index contributed by atoms with van der Waals surface area (Å²) in [7, 11) is 0. The molecule has 4 aromatic rings. The first-order valence-electron chi connectivity index (χ1n) is 10.3. The second-order valence-electron chi connectivity index (χ2n) is 7.63. The third-order valence-corrected chi connectivity index (χ3v) is 5.47. The SMILES string of the molecule is Cc1c(-c2ccccc2)cccc1-c1cnc(-c2cccc(CNC(C)C(=O)O)c2)[nH]1. The number of H-pyrrole nitrogens is 1. The number of carboxylic acid groups (broad SMARTS) is 1. The molecule has 0 radical (unpaired) electrons. The number of nitrogens with zero attached hydrogens (tertiary/aromatic N) is 1. The lowest BCUT2D eigenvalue weighted by molar-refractivity contribution is -0.139. The van der Waals surface area contributed by atoms with Gasteiger partial charge in [0.05, 0.1) is 11.9 Å². The fourth-order valence-electron chi connectivity index (χ4n) is 3.65. The van der Waals surface area contributed by atoms with Crippen molar-refractivity contribution in [1.82, 2.24) is 15.3 Å². The Bertz CT molecular complexity index is 1200. The number of benzene rings is 3. The molecule has 31 heavy (non-hydrogen) atoms. The molecule has 156 valence electrons. The predicted octanol–water partition coefficient (Wildman–Crippen LogP) is 5.28. The number of aromatic nitrogens is 2. The van der Waals surface area contributed by atoms with Crippen molar-refractivity contribution in [3.63, 3.8) is 0 Å². The van der Waals surface area contributed by atoms with Crippen molar-refractivity contribution in [2.75, 3.05) is 0 Å². The van der Waals surface area contributed by atoms with Crippen LogP contribution in [0.3, 0.4) is 0 Å². The zero-order chi connectivity index (χ0) is 21.8. The Morgan fingerprint density at radius 3 is 2.48 bits per heavy atom. The number of aliphatic carboxylic acids is 1. The Morgan fingerprint density at radius 1 is 1.00 bits per heavy atom. The summed E-state index contributed by atoms with van der Waals surface area (Å²) in [5.41, 5.74) is 7.65. The molecular formula is C26H25N3O2. The topological polar surface area (TPSA) is 78.0 Å². The highest BCUT2D eigenvalue weighted by atomic mass is 16.4. The number of rotatable bonds is 7. The van der Waals surface area contributed by atoms with Crippen LogP contribution < -0.4 is 5.32 Å². The maximum absolute atomic E-state index is 11.0. The molecule has 1 unspecified atom stereocenters. The lowest BCUT2D eigenvalue weighted by Crippen LogP contribution is -2.33. The van der Waals surface area contributed by atoms with Gasteiger partial charge in [-0.25, -0.2) is 4.98 Å². The quantitative estimate of drug-likeness (QED) is 0.387. The van der Waals surface area contributed by atoms with Crippen LogP contribution in [0.2, 0.25) is 0 Å². The van der Waals surface area contributed by atoms with E-state index in [1.807, 2.05) is 36.5 Å². The minimum Gasteiger partial charge on any atom is -0.480 e. The third-order valence-electron chi connectivity index (χ3n) is 5.47. The van der Waals surface area contributed by atoms with Crippen molar-refractivity contribution < 1.29 is 9.90 Å². The van der Waals surface area contributed by atoms with Crippen LogP contribution in [0.25, 0.3) is 33.8 Å². The number of nitrogens with one attached hydrogen (secondary N) is 2. The Hall–Kier alpha value is -3.70. The zero-order valence-electron chi connectivity index (χ0n) is 17.6. The molecule has 0 fully saturated rings. The highest BCUT2D eigenvalue weighted by molar-refractivity contribution is 5.77. The van der Waals surface area contributed by atoms with Crippen molar-refractivity contribution in [1.29, 1.82) is 0 Å². The summed E-state index contributed by atoms with van der Waals surface area (Å²) in [6, 6.07) is 24.0. The minimum atomic E-state index is -0.861. The van der Waals surface area contributed by atoms with Gasteiger partial charge in [-0.05, 0) is 42.2 Å². The van der Waals surface area contributed by atoms with Gasteiger partial charge in [-0.2, -0.15) is 0 Å². The van der Waals surface area contributed by atoms with Gasteiger partial charge in [0.1, 0.15) is 11.9 Å². The number of hydrogen-bond donors (Lipinski definition) is 3. The van der Waals surface area contributed by atoms with E-state index in [2.05, 4.69) is 64.7 Å². The van der Waals surface area contributed by atoms with Gasteiger partial charge >= 0.3 is 5.97 Å². The van der Waals surface area contributed by atoms with Crippen LogP contribution in [0, 0.1) is 6.92 Å². The maximum Gasteiger partial charge on any atom is 0.320 e. The molecule has 5 heteroatoms. The van der Waals surface area contributed by atoms with Gasteiger partial charge < -0.3 is 15.4 Å². The molecule has 0 aliphatic carbocycles. The van der Waals surface area contributed by atoms with E-state index >= 15 is 0 Å². The van der Waals surface area contributed by atoms with E-state index in [9.17, 15) is 4.79 Å². The average molecular weight is 412 g/mol.